The Morgan fingerprint density at radius 1 is 0.640 bits per heavy atom. The first kappa shape index (κ1) is 65.5. The smallest absolute Gasteiger partial charge is 0.243 e. The predicted molar refractivity (Wildman–Crippen MR) is 279 cm³/mol. The Kier molecular flexibility index (Phi) is 29.8. The molecule has 24 heteroatoms. The van der Waals surface area contributed by atoms with Gasteiger partial charge in [-0.1, -0.05) is 44.2 Å². The summed E-state index contributed by atoms with van der Waals surface area (Å²) in [6.45, 7) is 5.61. The number of aliphatic hydroxyl groups is 2. The molecule has 75 heavy (non-hydrogen) atoms. The first-order chi connectivity index (χ1) is 35.5. The highest BCUT2D eigenvalue weighted by Gasteiger charge is 2.37. The third-order valence-corrected chi connectivity index (χ3v) is 13.2. The van der Waals surface area contributed by atoms with Gasteiger partial charge in [0.05, 0.1) is 48.2 Å². The first-order valence-electron chi connectivity index (χ1n) is 26.1. The SMILES string of the molecule is CC(C)C[C@@H]1NC(=O)[C@@H](Cc2ccccc2)CC(=O)[C@H](CCN)NC(=O)[C@@H](CC(=O)[C@H](CCN)NC(=O)[C@@H](CC(=O)[C@@H](N)CCN)[C@@H](C)O)CCNC(=O)[C@H]([C@@H](C)O)CC(=O)[C@H](CCN)NC(=O)[C@H](CCN)NC1=O. The third kappa shape index (κ3) is 22.6. The number of Topliss-reactive ketones (excluding diaryl/α,β-unsaturated/α-hetero) is 4. The van der Waals surface area contributed by atoms with Gasteiger partial charge in [0, 0.05) is 44.1 Å². The molecular formula is C51H86N12O12. The Balaban J connectivity index is 2.74. The highest BCUT2D eigenvalue weighted by atomic mass is 16.3. The molecule has 0 radical (unpaired) electrons. The molecule has 20 N–H and O–H groups in total. The zero-order valence-electron chi connectivity index (χ0n) is 44.1. The van der Waals surface area contributed by atoms with Crippen LogP contribution in [0, 0.1) is 29.6 Å². The monoisotopic (exact) mass is 1060 g/mol. The summed E-state index contributed by atoms with van der Waals surface area (Å²) in [6.07, 6.45) is -5.29. The number of ketones is 4. The van der Waals surface area contributed by atoms with Crippen LogP contribution in [0.15, 0.2) is 30.3 Å². The lowest BCUT2D eigenvalue weighted by atomic mass is 9.89. The molecule has 1 heterocycles. The number of carbonyl (C=O) groups is 10. The van der Waals surface area contributed by atoms with Crippen molar-refractivity contribution in [3.63, 3.8) is 0 Å². The maximum absolute atomic E-state index is 14.5. The Hall–Kier alpha value is -5.60. The van der Waals surface area contributed by atoms with Crippen LogP contribution in [0.1, 0.15) is 104 Å². The zero-order chi connectivity index (χ0) is 56.4. The van der Waals surface area contributed by atoms with Gasteiger partial charge in [-0.15, -0.1) is 0 Å². The summed E-state index contributed by atoms with van der Waals surface area (Å²) in [5.41, 5.74) is 35.7. The number of nitrogens with two attached hydrogens (primary N) is 6. The maximum Gasteiger partial charge on any atom is 0.243 e. The fourth-order valence-electron chi connectivity index (χ4n) is 8.77. The van der Waals surface area contributed by atoms with Gasteiger partial charge in [0.25, 0.3) is 0 Å². The van der Waals surface area contributed by atoms with Crippen molar-refractivity contribution in [3.8, 4) is 0 Å². The zero-order valence-corrected chi connectivity index (χ0v) is 44.1. The van der Waals surface area contributed by atoms with Gasteiger partial charge in [-0.05, 0) is 109 Å². The van der Waals surface area contributed by atoms with E-state index < -0.39 is 156 Å². The average Bonchev–Trinajstić information content (AvgIpc) is 3.35. The van der Waals surface area contributed by atoms with E-state index in [9.17, 15) is 58.2 Å². The number of hydrogen-bond donors (Lipinski definition) is 14. The van der Waals surface area contributed by atoms with Crippen molar-refractivity contribution in [2.75, 3.05) is 39.3 Å². The summed E-state index contributed by atoms with van der Waals surface area (Å²) in [5.74, 6) is -12.6. The topological polar surface area (TPSA) is 439 Å². The Bertz CT molecular complexity index is 2040. The van der Waals surface area contributed by atoms with Crippen molar-refractivity contribution in [1.82, 2.24) is 31.9 Å². The molecule has 0 saturated carbocycles. The fraction of sp³-hybridized carbons (Fsp3) is 0.686. The van der Waals surface area contributed by atoms with Gasteiger partial charge in [-0.25, -0.2) is 0 Å². The number of benzene rings is 1. The second-order valence-electron chi connectivity index (χ2n) is 20.0. The number of amides is 6. The summed E-state index contributed by atoms with van der Waals surface area (Å²) in [4.78, 5) is 140. The van der Waals surface area contributed by atoms with E-state index in [1.807, 2.05) is 13.8 Å². The summed E-state index contributed by atoms with van der Waals surface area (Å²) < 4.78 is 0. The molecule has 1 fully saturated rings. The standard InChI is InChI=1S/C51H86N12O12/c1-28(2)22-41-51(75)62-40(14-20-56)50(74)61-39(13-19-55)45(69)27-34(29(3)64)48(72)58-21-15-32(24-43(67)38(12-18-54)60-49(73)35(30(4)65)26-42(66)36(57)10-16-52)46(70)59-37(11-17-53)44(68)25-33(47(71)63-41)23-31-8-6-5-7-9-31/h5-9,28-30,32-41,64-65H,10-27,52-57H2,1-4H3,(H,58,72)(H,59,70)(H,60,73)(H,61,74)(H,62,75)(H,63,71)/t29-,30-,32-,33+,34+,35+,36+,37+,38+,39+,40+,41+/m1/s1. The van der Waals surface area contributed by atoms with Gasteiger partial charge in [-0.2, -0.15) is 0 Å². The van der Waals surface area contributed by atoms with Crippen molar-refractivity contribution in [2.45, 2.75) is 153 Å². The molecule has 24 nitrogen and oxygen atoms in total. The van der Waals surface area contributed by atoms with Crippen LogP contribution in [0.5, 0.6) is 0 Å². The lowest BCUT2D eigenvalue weighted by Gasteiger charge is -2.28. The minimum absolute atomic E-state index is 0.0234. The highest BCUT2D eigenvalue weighted by Crippen LogP contribution is 2.21. The predicted octanol–water partition coefficient (Wildman–Crippen LogP) is -3.65. The number of hydrogen-bond acceptors (Lipinski definition) is 18. The van der Waals surface area contributed by atoms with E-state index in [2.05, 4.69) is 31.9 Å². The van der Waals surface area contributed by atoms with E-state index >= 15 is 0 Å². The minimum atomic E-state index is -1.41. The Morgan fingerprint density at radius 3 is 1.71 bits per heavy atom. The number of carbonyl (C=O) groups excluding carboxylic acids is 10. The lowest BCUT2D eigenvalue weighted by molar-refractivity contribution is -0.137. The molecule has 422 valence electrons. The third-order valence-electron chi connectivity index (χ3n) is 13.2. The summed E-state index contributed by atoms with van der Waals surface area (Å²) in [6, 6.07) is 1.35. The molecule has 0 spiro atoms. The Morgan fingerprint density at radius 2 is 1.16 bits per heavy atom. The largest absolute Gasteiger partial charge is 0.393 e. The number of rotatable bonds is 24. The van der Waals surface area contributed by atoms with Crippen LogP contribution in [0.25, 0.3) is 0 Å². The van der Waals surface area contributed by atoms with Crippen molar-refractivity contribution in [1.29, 1.82) is 0 Å². The molecule has 0 aliphatic carbocycles. The van der Waals surface area contributed by atoms with E-state index in [1.165, 1.54) is 13.8 Å². The van der Waals surface area contributed by atoms with Crippen LogP contribution < -0.4 is 66.3 Å². The fourth-order valence-corrected chi connectivity index (χ4v) is 8.77. The molecule has 6 amide bonds. The first-order valence-corrected chi connectivity index (χ1v) is 26.1. The van der Waals surface area contributed by atoms with Crippen LogP contribution in [0.4, 0.5) is 0 Å². The number of nitrogens with one attached hydrogen (secondary N) is 6. The van der Waals surface area contributed by atoms with E-state index in [-0.39, 0.29) is 96.6 Å². The molecule has 12 atom stereocenters. The van der Waals surface area contributed by atoms with Gasteiger partial charge in [0.15, 0.2) is 17.3 Å². The van der Waals surface area contributed by atoms with E-state index in [0.29, 0.717) is 5.56 Å². The van der Waals surface area contributed by atoms with Crippen LogP contribution in [0.3, 0.4) is 0 Å². The molecule has 0 unspecified atom stereocenters. The molecule has 2 rings (SSSR count). The number of aliphatic hydroxyl groups excluding tert-OH is 2. The summed E-state index contributed by atoms with van der Waals surface area (Å²) in [7, 11) is 0. The molecule has 1 aliphatic heterocycles. The second-order valence-corrected chi connectivity index (χ2v) is 20.0. The molecule has 1 saturated heterocycles. The Labute approximate surface area is 439 Å². The highest BCUT2D eigenvalue weighted by molar-refractivity contribution is 5.98. The van der Waals surface area contributed by atoms with Gasteiger partial charge < -0.3 is 76.5 Å². The molecule has 0 aromatic heterocycles. The molecule has 1 aromatic rings. The molecular weight excluding hydrogens is 973 g/mol. The maximum atomic E-state index is 14.5. The van der Waals surface area contributed by atoms with Gasteiger partial charge >= 0.3 is 0 Å². The quantitative estimate of drug-likeness (QED) is 0.0475. The van der Waals surface area contributed by atoms with E-state index in [4.69, 9.17) is 34.4 Å². The van der Waals surface area contributed by atoms with Crippen molar-refractivity contribution >= 4 is 58.6 Å². The van der Waals surface area contributed by atoms with Gasteiger partial charge in [0.1, 0.15) is 17.9 Å². The molecule has 0 bridgehead atoms. The lowest BCUT2D eigenvalue weighted by Crippen LogP contribution is -2.57. The molecule has 1 aliphatic rings. The second kappa shape index (κ2) is 34.1. The van der Waals surface area contributed by atoms with E-state index in [1.54, 1.807) is 30.3 Å². The van der Waals surface area contributed by atoms with E-state index in [0.717, 1.165) is 0 Å². The van der Waals surface area contributed by atoms with Gasteiger partial charge in [0.2, 0.25) is 35.4 Å². The minimum Gasteiger partial charge on any atom is -0.393 e. The molecule has 1 aromatic carbocycles. The van der Waals surface area contributed by atoms with Crippen LogP contribution in [-0.2, 0) is 54.4 Å². The van der Waals surface area contributed by atoms with Crippen LogP contribution in [-0.4, -0.2) is 157 Å². The summed E-state index contributed by atoms with van der Waals surface area (Å²) in [5, 5.41) is 37.3. The van der Waals surface area contributed by atoms with Gasteiger partial charge in [-0.3, -0.25) is 47.9 Å². The van der Waals surface area contributed by atoms with Crippen molar-refractivity contribution in [2.24, 2.45) is 64.0 Å². The van der Waals surface area contributed by atoms with Crippen LogP contribution in [0.2, 0.25) is 0 Å². The summed E-state index contributed by atoms with van der Waals surface area (Å²) >= 11 is 0. The van der Waals surface area contributed by atoms with Crippen molar-refractivity contribution < 1.29 is 58.2 Å². The van der Waals surface area contributed by atoms with Crippen LogP contribution >= 0.6 is 0 Å². The normalized spacial score (nSPS) is 24.3. The average molecular weight is 1060 g/mol. The van der Waals surface area contributed by atoms with Crippen molar-refractivity contribution in [3.05, 3.63) is 35.9 Å².